The van der Waals surface area contributed by atoms with E-state index in [1.807, 2.05) is 78.6 Å². The van der Waals surface area contributed by atoms with Gasteiger partial charge in [0, 0.05) is 29.7 Å². The van der Waals surface area contributed by atoms with Crippen LogP contribution in [0.5, 0.6) is 0 Å². The summed E-state index contributed by atoms with van der Waals surface area (Å²) in [7, 11) is 0. The first kappa shape index (κ1) is 22.8. The van der Waals surface area contributed by atoms with Crippen molar-refractivity contribution in [2.24, 2.45) is 0 Å². The fourth-order valence-corrected chi connectivity index (χ4v) is 4.68. The van der Waals surface area contributed by atoms with E-state index in [-0.39, 0.29) is 18.1 Å². The van der Waals surface area contributed by atoms with E-state index in [0.717, 1.165) is 16.8 Å². The van der Waals surface area contributed by atoms with E-state index in [1.165, 1.54) is 0 Å². The summed E-state index contributed by atoms with van der Waals surface area (Å²) in [5.74, 6) is 0. The Hall–Kier alpha value is -2.40. The highest BCUT2D eigenvalue weighted by Crippen LogP contribution is 2.37. The Bertz CT molecular complexity index is 1080. The largest absolute Gasteiger partial charge is 0.360 e. The standard InChI is InChI=1S/C25H24Cl3N3O/c1-17(18-5-3-2-4-6-18)29-25(32)30-13-14-31(23-12-11-21(27)15-22(23)28)24(16-30)19-7-9-20(26)10-8-19/h2-12,15,17,24H,13-14,16H2,1H3,(H,29,32)/t17-,24?/m0/s1. The molecule has 0 aromatic heterocycles. The summed E-state index contributed by atoms with van der Waals surface area (Å²) in [6, 6.07) is 23.0. The van der Waals surface area contributed by atoms with E-state index in [9.17, 15) is 4.79 Å². The van der Waals surface area contributed by atoms with E-state index in [2.05, 4.69) is 10.2 Å². The molecule has 1 heterocycles. The minimum atomic E-state index is -0.0820. The number of halogens is 3. The SMILES string of the molecule is C[C@H](NC(=O)N1CCN(c2ccc(Cl)cc2Cl)C(c2ccc(Cl)cc2)C1)c1ccccc1. The van der Waals surface area contributed by atoms with Gasteiger partial charge in [-0.05, 0) is 48.4 Å². The van der Waals surface area contributed by atoms with E-state index in [0.29, 0.717) is 34.7 Å². The number of nitrogens with zero attached hydrogens (tertiary/aromatic N) is 2. The molecular formula is C25H24Cl3N3O. The van der Waals surface area contributed by atoms with Gasteiger partial charge in [0.1, 0.15) is 0 Å². The number of piperazine rings is 1. The van der Waals surface area contributed by atoms with E-state index >= 15 is 0 Å². The molecule has 3 aromatic rings. The zero-order chi connectivity index (χ0) is 22.7. The fourth-order valence-electron chi connectivity index (χ4n) is 4.04. The highest BCUT2D eigenvalue weighted by molar-refractivity contribution is 6.36. The van der Waals surface area contributed by atoms with Crippen molar-refractivity contribution in [3.63, 3.8) is 0 Å². The maximum Gasteiger partial charge on any atom is 0.318 e. The van der Waals surface area contributed by atoms with Crippen LogP contribution in [-0.2, 0) is 0 Å². The topological polar surface area (TPSA) is 35.6 Å². The van der Waals surface area contributed by atoms with Crippen LogP contribution in [0.2, 0.25) is 15.1 Å². The van der Waals surface area contributed by atoms with Crippen molar-refractivity contribution in [1.29, 1.82) is 0 Å². The van der Waals surface area contributed by atoms with Gasteiger partial charge in [0.15, 0.2) is 0 Å². The Kier molecular flexibility index (Phi) is 7.14. The smallest absolute Gasteiger partial charge is 0.318 e. The number of benzene rings is 3. The summed E-state index contributed by atoms with van der Waals surface area (Å²) in [5.41, 5.74) is 3.03. The third-order valence-electron chi connectivity index (χ3n) is 5.78. The number of rotatable bonds is 4. The Morgan fingerprint density at radius 1 is 0.938 bits per heavy atom. The number of hydrogen-bond donors (Lipinski definition) is 1. The van der Waals surface area contributed by atoms with Gasteiger partial charge in [0.25, 0.3) is 0 Å². The van der Waals surface area contributed by atoms with Crippen LogP contribution in [0.25, 0.3) is 0 Å². The molecule has 32 heavy (non-hydrogen) atoms. The molecule has 3 aromatic carbocycles. The first-order chi connectivity index (χ1) is 15.4. The lowest BCUT2D eigenvalue weighted by Crippen LogP contribution is -2.53. The number of nitrogens with one attached hydrogen (secondary N) is 1. The first-order valence-electron chi connectivity index (χ1n) is 10.5. The molecule has 4 rings (SSSR count). The lowest BCUT2D eigenvalue weighted by Gasteiger charge is -2.43. The normalized spacial score (nSPS) is 17.2. The molecule has 1 aliphatic rings. The average Bonchev–Trinajstić information content (AvgIpc) is 2.80. The van der Waals surface area contributed by atoms with Crippen molar-refractivity contribution >= 4 is 46.5 Å². The van der Waals surface area contributed by atoms with Gasteiger partial charge >= 0.3 is 6.03 Å². The van der Waals surface area contributed by atoms with Gasteiger partial charge in [-0.2, -0.15) is 0 Å². The molecule has 4 nitrogen and oxygen atoms in total. The number of amides is 2. The molecule has 0 spiro atoms. The Labute approximate surface area is 203 Å². The maximum atomic E-state index is 13.1. The van der Waals surface area contributed by atoms with Crippen LogP contribution >= 0.6 is 34.8 Å². The van der Waals surface area contributed by atoms with Crippen LogP contribution in [0.15, 0.2) is 72.8 Å². The average molecular weight is 489 g/mol. The predicted octanol–water partition coefficient (Wildman–Crippen LogP) is 6.98. The molecule has 7 heteroatoms. The van der Waals surface area contributed by atoms with Gasteiger partial charge in [-0.15, -0.1) is 0 Å². The summed E-state index contributed by atoms with van der Waals surface area (Å²) < 4.78 is 0. The molecule has 2 atom stereocenters. The minimum Gasteiger partial charge on any atom is -0.360 e. The van der Waals surface area contributed by atoms with Crippen LogP contribution < -0.4 is 10.2 Å². The van der Waals surface area contributed by atoms with Crippen LogP contribution in [-0.4, -0.2) is 30.6 Å². The molecule has 2 amide bonds. The first-order valence-corrected chi connectivity index (χ1v) is 11.6. The molecule has 1 unspecified atom stereocenters. The molecule has 1 fully saturated rings. The molecule has 1 N–H and O–H groups in total. The summed E-state index contributed by atoms with van der Waals surface area (Å²) in [5, 5.41) is 4.98. The monoisotopic (exact) mass is 487 g/mol. The number of anilines is 1. The van der Waals surface area contributed by atoms with Crippen molar-refractivity contribution < 1.29 is 4.79 Å². The van der Waals surface area contributed by atoms with Crippen LogP contribution in [0.4, 0.5) is 10.5 Å². The van der Waals surface area contributed by atoms with Crippen molar-refractivity contribution in [3.05, 3.63) is 99.0 Å². The molecule has 0 radical (unpaired) electrons. The predicted molar refractivity (Wildman–Crippen MR) is 133 cm³/mol. The zero-order valence-corrected chi connectivity index (χ0v) is 19.9. The fraction of sp³-hybridized carbons (Fsp3) is 0.240. The highest BCUT2D eigenvalue weighted by atomic mass is 35.5. The van der Waals surface area contributed by atoms with Gasteiger partial charge < -0.3 is 15.1 Å². The lowest BCUT2D eigenvalue weighted by molar-refractivity contribution is 0.182. The number of carbonyl (C=O) groups excluding carboxylic acids is 1. The van der Waals surface area contributed by atoms with Crippen LogP contribution in [0.3, 0.4) is 0 Å². The van der Waals surface area contributed by atoms with Crippen LogP contribution in [0.1, 0.15) is 30.1 Å². The molecule has 0 aliphatic carbocycles. The second-order valence-corrected chi connectivity index (χ2v) is 9.16. The number of urea groups is 1. The Balaban J connectivity index is 1.57. The zero-order valence-electron chi connectivity index (χ0n) is 17.6. The summed E-state index contributed by atoms with van der Waals surface area (Å²) in [6.45, 7) is 3.74. The van der Waals surface area contributed by atoms with E-state index in [1.54, 1.807) is 6.07 Å². The van der Waals surface area contributed by atoms with Crippen molar-refractivity contribution in [3.8, 4) is 0 Å². The third kappa shape index (κ3) is 5.15. The highest BCUT2D eigenvalue weighted by Gasteiger charge is 2.32. The van der Waals surface area contributed by atoms with E-state index in [4.69, 9.17) is 34.8 Å². The molecule has 0 saturated carbocycles. The maximum absolute atomic E-state index is 13.1. The van der Waals surface area contributed by atoms with E-state index < -0.39 is 0 Å². The van der Waals surface area contributed by atoms with Gasteiger partial charge in [-0.3, -0.25) is 0 Å². The molecule has 166 valence electrons. The minimum absolute atomic E-state index is 0.0718. The van der Waals surface area contributed by atoms with Gasteiger partial charge in [0.05, 0.1) is 22.8 Å². The lowest BCUT2D eigenvalue weighted by atomic mass is 10.0. The van der Waals surface area contributed by atoms with Gasteiger partial charge in [0.2, 0.25) is 0 Å². The van der Waals surface area contributed by atoms with Gasteiger partial charge in [-0.25, -0.2) is 4.79 Å². The Morgan fingerprint density at radius 3 is 2.31 bits per heavy atom. The second-order valence-electron chi connectivity index (χ2n) is 7.88. The number of carbonyl (C=O) groups is 1. The second kappa shape index (κ2) is 10.0. The molecule has 1 saturated heterocycles. The number of hydrogen-bond acceptors (Lipinski definition) is 2. The van der Waals surface area contributed by atoms with Crippen LogP contribution in [0, 0.1) is 0 Å². The summed E-state index contributed by atoms with van der Waals surface area (Å²) >= 11 is 18.8. The molecular weight excluding hydrogens is 465 g/mol. The van der Waals surface area contributed by atoms with Crippen molar-refractivity contribution in [2.75, 3.05) is 24.5 Å². The molecule has 1 aliphatic heterocycles. The summed E-state index contributed by atoms with van der Waals surface area (Å²) in [6.07, 6.45) is 0. The van der Waals surface area contributed by atoms with Crippen molar-refractivity contribution in [2.45, 2.75) is 19.0 Å². The summed E-state index contributed by atoms with van der Waals surface area (Å²) in [4.78, 5) is 17.2. The van der Waals surface area contributed by atoms with Gasteiger partial charge in [-0.1, -0.05) is 77.3 Å². The molecule has 0 bridgehead atoms. The third-order valence-corrected chi connectivity index (χ3v) is 6.57. The quantitative estimate of drug-likeness (QED) is 0.430. The van der Waals surface area contributed by atoms with Crippen molar-refractivity contribution in [1.82, 2.24) is 10.2 Å². The Morgan fingerprint density at radius 2 is 1.62 bits per heavy atom.